The summed E-state index contributed by atoms with van der Waals surface area (Å²) in [5, 5.41) is 3.21. The monoisotopic (exact) mass is 281 g/mol. The van der Waals surface area contributed by atoms with Crippen molar-refractivity contribution >= 4 is 17.0 Å². The maximum atomic E-state index is 6.02. The molecule has 0 aliphatic rings. The number of hydrogen-bond donors (Lipinski definition) is 3. The lowest BCUT2D eigenvalue weighted by molar-refractivity contribution is 0.709. The van der Waals surface area contributed by atoms with Crippen LogP contribution in [0.1, 0.15) is 11.1 Å². The highest BCUT2D eigenvalue weighted by atomic mass is 15.0. The van der Waals surface area contributed by atoms with Crippen molar-refractivity contribution in [2.45, 2.75) is 6.54 Å². The summed E-state index contributed by atoms with van der Waals surface area (Å²) in [5.74, 6) is 0.441. The van der Waals surface area contributed by atoms with Gasteiger partial charge < -0.3 is 10.7 Å². The molecule has 106 valence electrons. The second kappa shape index (κ2) is 6.10. The minimum absolute atomic E-state index is 0.433. The second-order valence-corrected chi connectivity index (χ2v) is 4.44. The van der Waals surface area contributed by atoms with Gasteiger partial charge in [0.25, 0.3) is 0 Å². The Hall–Kier alpha value is -2.80. The molecule has 0 spiro atoms. The van der Waals surface area contributed by atoms with Crippen LogP contribution < -0.4 is 11.1 Å². The van der Waals surface area contributed by atoms with Gasteiger partial charge in [-0.1, -0.05) is 0 Å². The van der Waals surface area contributed by atoms with E-state index in [1.54, 1.807) is 24.9 Å². The van der Waals surface area contributed by atoms with Gasteiger partial charge in [0.2, 0.25) is 0 Å². The molecule has 0 unspecified atom stereocenters. The van der Waals surface area contributed by atoms with E-state index in [0.29, 0.717) is 24.7 Å². The van der Waals surface area contributed by atoms with Gasteiger partial charge in [-0.05, 0) is 23.8 Å². The fourth-order valence-corrected chi connectivity index (χ4v) is 1.98. The van der Waals surface area contributed by atoms with E-state index in [1.165, 1.54) is 0 Å². The second-order valence-electron chi connectivity index (χ2n) is 4.44. The number of pyridine rings is 2. The number of nitrogens with one attached hydrogen (secondary N) is 2. The average molecular weight is 281 g/mol. The summed E-state index contributed by atoms with van der Waals surface area (Å²) in [7, 11) is 0. The fraction of sp³-hybridized carbons (Fsp3) is 0.143. The van der Waals surface area contributed by atoms with Crippen molar-refractivity contribution in [2.24, 2.45) is 10.7 Å². The Morgan fingerprint density at radius 1 is 1.19 bits per heavy atom. The Balaban J connectivity index is 1.65. The van der Waals surface area contributed by atoms with Gasteiger partial charge in [0, 0.05) is 30.7 Å². The third kappa shape index (κ3) is 3.03. The minimum Gasteiger partial charge on any atom is -0.383 e. The van der Waals surface area contributed by atoms with Gasteiger partial charge in [-0.15, -0.1) is 0 Å². The van der Waals surface area contributed by atoms with Gasteiger partial charge in [0.1, 0.15) is 11.4 Å². The Morgan fingerprint density at radius 3 is 2.90 bits per heavy atom. The number of aliphatic imine (C=N–C) groups is 1. The normalized spacial score (nSPS) is 11.9. The van der Waals surface area contributed by atoms with Gasteiger partial charge >= 0.3 is 0 Å². The summed E-state index contributed by atoms with van der Waals surface area (Å²) < 4.78 is 0. The number of nitrogens with two attached hydrogens (primary N) is 1. The van der Waals surface area contributed by atoms with Crippen molar-refractivity contribution < 1.29 is 0 Å². The van der Waals surface area contributed by atoms with Crippen molar-refractivity contribution in [1.82, 2.24) is 25.3 Å². The molecule has 0 radical (unpaired) electrons. The lowest BCUT2D eigenvalue weighted by atomic mass is 10.2. The lowest BCUT2D eigenvalue weighted by Gasteiger charge is -2.04. The number of nitrogens with zero attached hydrogens (tertiary/aromatic N) is 4. The van der Waals surface area contributed by atoms with Crippen LogP contribution in [0.15, 0.2) is 48.1 Å². The standard InChI is InChI=1S/C14H15N7/c15-13(11-3-6-18-14-12(11)19-9-21-14)20-8-17-7-10-1-4-16-5-2-10/h1-6,9,17H,7-8H2,(H2,15,20)(H,18,19,21). The van der Waals surface area contributed by atoms with E-state index in [0.717, 1.165) is 16.6 Å². The van der Waals surface area contributed by atoms with Crippen LogP contribution in [0, 0.1) is 0 Å². The van der Waals surface area contributed by atoms with Gasteiger partial charge in [-0.2, -0.15) is 0 Å². The molecule has 0 saturated carbocycles. The molecule has 0 amide bonds. The smallest absolute Gasteiger partial charge is 0.157 e. The predicted octanol–water partition coefficient (Wildman–Crippen LogP) is 0.805. The molecular weight excluding hydrogens is 266 g/mol. The molecule has 21 heavy (non-hydrogen) atoms. The van der Waals surface area contributed by atoms with Crippen LogP contribution in [0.3, 0.4) is 0 Å². The van der Waals surface area contributed by atoms with E-state index in [-0.39, 0.29) is 0 Å². The molecule has 3 heterocycles. The van der Waals surface area contributed by atoms with Crippen molar-refractivity contribution in [3.05, 3.63) is 54.2 Å². The van der Waals surface area contributed by atoms with Crippen molar-refractivity contribution in [2.75, 3.05) is 6.67 Å². The number of aromatic amines is 1. The molecule has 0 atom stereocenters. The molecule has 3 rings (SSSR count). The Bertz CT molecular complexity index is 748. The van der Waals surface area contributed by atoms with E-state index < -0.39 is 0 Å². The quantitative estimate of drug-likeness (QED) is 0.364. The minimum atomic E-state index is 0.433. The third-order valence-electron chi connectivity index (χ3n) is 3.03. The first kappa shape index (κ1) is 13.2. The molecule has 0 aliphatic carbocycles. The molecule has 0 saturated heterocycles. The molecule has 0 aliphatic heterocycles. The topological polar surface area (TPSA) is 105 Å². The fourth-order valence-electron chi connectivity index (χ4n) is 1.98. The van der Waals surface area contributed by atoms with E-state index in [4.69, 9.17) is 5.73 Å². The maximum Gasteiger partial charge on any atom is 0.157 e. The van der Waals surface area contributed by atoms with E-state index in [2.05, 4.69) is 30.2 Å². The Labute approximate surface area is 121 Å². The Morgan fingerprint density at radius 2 is 2.05 bits per heavy atom. The number of aromatic nitrogens is 4. The summed E-state index contributed by atoms with van der Waals surface area (Å²) in [5.41, 5.74) is 9.39. The lowest BCUT2D eigenvalue weighted by Crippen LogP contribution is -2.20. The SMILES string of the molecule is NC(=NCNCc1ccncc1)c1ccnc2[nH]cnc12. The predicted molar refractivity (Wildman–Crippen MR) is 80.6 cm³/mol. The average Bonchev–Trinajstić information content (AvgIpc) is 3.01. The molecule has 0 bridgehead atoms. The van der Waals surface area contributed by atoms with Crippen LogP contribution in [-0.2, 0) is 6.54 Å². The molecule has 4 N–H and O–H groups in total. The zero-order valence-corrected chi connectivity index (χ0v) is 11.3. The molecule has 0 fully saturated rings. The third-order valence-corrected chi connectivity index (χ3v) is 3.03. The summed E-state index contributed by atoms with van der Waals surface area (Å²) in [4.78, 5) is 19.6. The number of fused-ring (bicyclic) bond motifs is 1. The van der Waals surface area contributed by atoms with E-state index in [1.807, 2.05) is 18.2 Å². The summed E-state index contributed by atoms with van der Waals surface area (Å²) in [6.45, 7) is 1.15. The van der Waals surface area contributed by atoms with Crippen molar-refractivity contribution in [3.8, 4) is 0 Å². The van der Waals surface area contributed by atoms with Gasteiger partial charge in [0.15, 0.2) is 5.65 Å². The largest absolute Gasteiger partial charge is 0.383 e. The first-order valence-electron chi connectivity index (χ1n) is 6.52. The summed E-state index contributed by atoms with van der Waals surface area (Å²) in [6, 6.07) is 5.72. The number of imidazole rings is 1. The summed E-state index contributed by atoms with van der Waals surface area (Å²) in [6.07, 6.45) is 6.80. The van der Waals surface area contributed by atoms with Crippen molar-refractivity contribution in [1.29, 1.82) is 0 Å². The highest BCUT2D eigenvalue weighted by molar-refractivity contribution is 6.06. The number of amidine groups is 1. The number of hydrogen-bond acceptors (Lipinski definition) is 5. The number of H-pyrrole nitrogens is 1. The van der Waals surface area contributed by atoms with Crippen LogP contribution >= 0.6 is 0 Å². The van der Waals surface area contributed by atoms with Gasteiger partial charge in [-0.25, -0.2) is 9.97 Å². The highest BCUT2D eigenvalue weighted by Crippen LogP contribution is 2.11. The van der Waals surface area contributed by atoms with Crippen LogP contribution in [0.4, 0.5) is 0 Å². The zero-order valence-electron chi connectivity index (χ0n) is 11.3. The maximum absolute atomic E-state index is 6.02. The van der Waals surface area contributed by atoms with Crippen LogP contribution in [0.5, 0.6) is 0 Å². The van der Waals surface area contributed by atoms with Crippen LogP contribution in [-0.4, -0.2) is 32.4 Å². The highest BCUT2D eigenvalue weighted by Gasteiger charge is 2.07. The molecule has 3 aromatic rings. The van der Waals surface area contributed by atoms with Crippen LogP contribution in [0.2, 0.25) is 0 Å². The van der Waals surface area contributed by atoms with Crippen molar-refractivity contribution in [3.63, 3.8) is 0 Å². The summed E-state index contributed by atoms with van der Waals surface area (Å²) >= 11 is 0. The van der Waals surface area contributed by atoms with E-state index in [9.17, 15) is 0 Å². The van der Waals surface area contributed by atoms with Crippen LogP contribution in [0.25, 0.3) is 11.2 Å². The molecule has 3 aromatic heterocycles. The first-order valence-corrected chi connectivity index (χ1v) is 6.52. The van der Waals surface area contributed by atoms with Gasteiger partial charge in [0.05, 0.1) is 13.0 Å². The number of rotatable bonds is 5. The Kier molecular flexibility index (Phi) is 3.83. The molecular formula is C14H15N7. The zero-order chi connectivity index (χ0) is 14.5. The molecule has 7 heteroatoms. The molecule has 0 aromatic carbocycles. The van der Waals surface area contributed by atoms with Gasteiger partial charge in [-0.3, -0.25) is 15.3 Å². The van der Waals surface area contributed by atoms with E-state index >= 15 is 0 Å². The molecule has 7 nitrogen and oxygen atoms in total. The first-order chi connectivity index (χ1) is 10.3.